The summed E-state index contributed by atoms with van der Waals surface area (Å²) in [4.78, 5) is 4.66. The molecule has 1 aliphatic heterocycles. The lowest BCUT2D eigenvalue weighted by Gasteiger charge is -2.32. The lowest BCUT2D eigenvalue weighted by Crippen LogP contribution is -2.34. The normalized spacial score (nSPS) is 26.9. The number of rotatable bonds is 4. The quantitative estimate of drug-likeness (QED) is 0.916. The van der Waals surface area contributed by atoms with E-state index in [1.807, 2.05) is 0 Å². The Bertz CT molecular complexity index is 439. The molecule has 1 aliphatic carbocycles. The first-order valence-electron chi connectivity index (χ1n) is 8.68. The monoisotopic (exact) mass is 291 g/mol. The van der Waals surface area contributed by atoms with Crippen LogP contribution in [0.1, 0.15) is 82.8 Å². The Balaban J connectivity index is 1.49. The zero-order valence-corrected chi connectivity index (χ0v) is 13.5. The molecular weight excluding hydrogens is 262 g/mol. The van der Waals surface area contributed by atoms with Crippen LogP contribution < -0.4 is 5.32 Å². The van der Waals surface area contributed by atoms with E-state index >= 15 is 0 Å². The highest BCUT2D eigenvalue weighted by Gasteiger charge is 2.30. The maximum atomic E-state index is 5.47. The minimum atomic E-state index is 0.496. The van der Waals surface area contributed by atoms with Gasteiger partial charge < -0.3 is 9.84 Å². The molecule has 0 spiro atoms. The Labute approximate surface area is 128 Å². The fourth-order valence-electron chi connectivity index (χ4n) is 3.66. The molecule has 21 heavy (non-hydrogen) atoms. The maximum absolute atomic E-state index is 5.47. The van der Waals surface area contributed by atoms with Gasteiger partial charge in [-0.25, -0.2) is 0 Å². The summed E-state index contributed by atoms with van der Waals surface area (Å²) in [7, 11) is 0. The van der Waals surface area contributed by atoms with Gasteiger partial charge in [-0.05, 0) is 56.9 Å². The van der Waals surface area contributed by atoms with Crippen LogP contribution in [0.15, 0.2) is 4.52 Å². The molecule has 2 heterocycles. The highest BCUT2D eigenvalue weighted by molar-refractivity contribution is 4.99. The molecule has 3 rings (SSSR count). The summed E-state index contributed by atoms with van der Waals surface area (Å²) in [6.07, 6.45) is 11.0. The summed E-state index contributed by atoms with van der Waals surface area (Å²) >= 11 is 0. The second-order valence-corrected chi connectivity index (χ2v) is 7.67. The van der Waals surface area contributed by atoms with Crippen molar-refractivity contribution < 1.29 is 4.52 Å². The molecule has 118 valence electrons. The Hall–Kier alpha value is -0.900. The molecule has 1 N–H and O–H groups in total. The van der Waals surface area contributed by atoms with E-state index < -0.39 is 0 Å². The summed E-state index contributed by atoms with van der Waals surface area (Å²) < 4.78 is 5.47. The molecule has 0 amide bonds. The van der Waals surface area contributed by atoms with Crippen LogP contribution in [-0.2, 0) is 6.42 Å². The summed E-state index contributed by atoms with van der Waals surface area (Å²) in [6.45, 7) is 5.89. The van der Waals surface area contributed by atoms with Gasteiger partial charge in [-0.2, -0.15) is 4.98 Å². The van der Waals surface area contributed by atoms with Crippen molar-refractivity contribution in [3.05, 3.63) is 11.7 Å². The fourth-order valence-corrected chi connectivity index (χ4v) is 3.66. The zero-order valence-electron chi connectivity index (χ0n) is 13.5. The third-order valence-corrected chi connectivity index (χ3v) is 5.31. The van der Waals surface area contributed by atoms with Crippen molar-refractivity contribution in [2.24, 2.45) is 5.41 Å². The van der Waals surface area contributed by atoms with Gasteiger partial charge in [-0.15, -0.1) is 0 Å². The van der Waals surface area contributed by atoms with Crippen LogP contribution in [-0.4, -0.2) is 22.7 Å². The highest BCUT2D eigenvalue weighted by Crippen LogP contribution is 2.41. The molecule has 2 aliphatic rings. The van der Waals surface area contributed by atoms with E-state index in [0.29, 0.717) is 17.4 Å². The number of nitrogens with one attached hydrogen (secondary N) is 1. The van der Waals surface area contributed by atoms with E-state index in [4.69, 9.17) is 4.52 Å². The summed E-state index contributed by atoms with van der Waals surface area (Å²) in [5.41, 5.74) is 0.496. The molecule has 1 aromatic heterocycles. The predicted molar refractivity (Wildman–Crippen MR) is 83.3 cm³/mol. The topological polar surface area (TPSA) is 51.0 Å². The molecule has 0 aromatic carbocycles. The molecule has 1 saturated carbocycles. The van der Waals surface area contributed by atoms with E-state index in [-0.39, 0.29) is 0 Å². The van der Waals surface area contributed by atoms with Gasteiger partial charge in [0.05, 0.1) is 0 Å². The number of piperidine rings is 1. The lowest BCUT2D eigenvalue weighted by molar-refractivity contribution is 0.218. The van der Waals surface area contributed by atoms with Crippen molar-refractivity contribution >= 4 is 0 Å². The first-order valence-corrected chi connectivity index (χ1v) is 8.68. The fraction of sp³-hybridized carbons (Fsp3) is 0.882. The van der Waals surface area contributed by atoms with Crippen LogP contribution in [0, 0.1) is 5.41 Å². The highest BCUT2D eigenvalue weighted by atomic mass is 16.5. The average Bonchev–Trinajstić information content (AvgIpc) is 2.95. The van der Waals surface area contributed by atoms with Crippen LogP contribution in [0.2, 0.25) is 0 Å². The Kier molecular flexibility index (Phi) is 4.63. The summed E-state index contributed by atoms with van der Waals surface area (Å²) in [6, 6.07) is 0.643. The molecular formula is C17H29N3O. The van der Waals surface area contributed by atoms with Crippen molar-refractivity contribution in [1.29, 1.82) is 0 Å². The smallest absolute Gasteiger partial charge is 0.226 e. The predicted octanol–water partition coefficient (Wildman–Crippen LogP) is 3.83. The molecule has 1 aromatic rings. The molecule has 1 unspecified atom stereocenters. The van der Waals surface area contributed by atoms with E-state index in [9.17, 15) is 0 Å². The number of nitrogens with zero attached hydrogens (tertiary/aromatic N) is 2. The molecule has 1 saturated heterocycles. The lowest BCUT2D eigenvalue weighted by atomic mass is 9.73. The Morgan fingerprint density at radius 3 is 2.71 bits per heavy atom. The van der Waals surface area contributed by atoms with Gasteiger partial charge in [0.2, 0.25) is 5.89 Å². The van der Waals surface area contributed by atoms with E-state index in [1.54, 1.807) is 0 Å². The minimum Gasteiger partial charge on any atom is -0.339 e. The molecule has 1 atom stereocenters. The first kappa shape index (κ1) is 15.0. The second kappa shape index (κ2) is 6.47. The third kappa shape index (κ3) is 4.06. The Morgan fingerprint density at radius 2 is 2.00 bits per heavy atom. The van der Waals surface area contributed by atoms with E-state index in [0.717, 1.165) is 31.1 Å². The third-order valence-electron chi connectivity index (χ3n) is 5.31. The second-order valence-electron chi connectivity index (χ2n) is 7.67. The first-order chi connectivity index (χ1) is 10.1. The molecule has 0 radical (unpaired) electrons. The molecule has 4 nitrogen and oxygen atoms in total. The number of hydrogen-bond donors (Lipinski definition) is 1. The summed E-state index contributed by atoms with van der Waals surface area (Å²) in [5, 5.41) is 7.82. The van der Waals surface area contributed by atoms with Gasteiger partial charge in [0.25, 0.3) is 0 Å². The van der Waals surface area contributed by atoms with Crippen molar-refractivity contribution in [2.45, 2.75) is 83.6 Å². The molecule has 2 fully saturated rings. The SMILES string of the molecule is CC1(C)CCC(c2noc(CCC3CCCCN3)n2)CC1. The van der Waals surface area contributed by atoms with Crippen LogP contribution in [0.5, 0.6) is 0 Å². The average molecular weight is 291 g/mol. The number of hydrogen-bond acceptors (Lipinski definition) is 4. The van der Waals surface area contributed by atoms with Crippen LogP contribution in [0.4, 0.5) is 0 Å². The number of aryl methyl sites for hydroxylation is 1. The van der Waals surface area contributed by atoms with Crippen LogP contribution >= 0.6 is 0 Å². The van der Waals surface area contributed by atoms with Gasteiger partial charge >= 0.3 is 0 Å². The van der Waals surface area contributed by atoms with Crippen molar-refractivity contribution in [2.75, 3.05) is 6.54 Å². The maximum Gasteiger partial charge on any atom is 0.226 e. The Morgan fingerprint density at radius 1 is 1.19 bits per heavy atom. The molecule has 4 heteroatoms. The number of aromatic nitrogens is 2. The van der Waals surface area contributed by atoms with Crippen molar-refractivity contribution in [3.8, 4) is 0 Å². The standard InChI is InChI=1S/C17H29N3O/c1-17(2)10-8-13(9-11-17)16-19-15(21-20-16)7-6-14-5-3-4-12-18-14/h13-14,18H,3-12H2,1-2H3. The van der Waals surface area contributed by atoms with Crippen molar-refractivity contribution in [3.63, 3.8) is 0 Å². The van der Waals surface area contributed by atoms with E-state index in [1.165, 1.54) is 44.9 Å². The summed E-state index contributed by atoms with van der Waals surface area (Å²) in [5.74, 6) is 2.31. The zero-order chi connectivity index (χ0) is 14.7. The van der Waals surface area contributed by atoms with Crippen LogP contribution in [0.25, 0.3) is 0 Å². The van der Waals surface area contributed by atoms with Gasteiger partial charge in [0, 0.05) is 18.4 Å². The largest absolute Gasteiger partial charge is 0.339 e. The van der Waals surface area contributed by atoms with Gasteiger partial charge in [-0.3, -0.25) is 0 Å². The molecule has 0 bridgehead atoms. The van der Waals surface area contributed by atoms with E-state index in [2.05, 4.69) is 29.3 Å². The van der Waals surface area contributed by atoms with Gasteiger partial charge in [-0.1, -0.05) is 25.4 Å². The minimum absolute atomic E-state index is 0.496. The van der Waals surface area contributed by atoms with Crippen molar-refractivity contribution in [1.82, 2.24) is 15.5 Å². The van der Waals surface area contributed by atoms with Gasteiger partial charge in [0.1, 0.15) is 0 Å². The van der Waals surface area contributed by atoms with Crippen LogP contribution in [0.3, 0.4) is 0 Å². The van der Waals surface area contributed by atoms with Gasteiger partial charge in [0.15, 0.2) is 5.82 Å².